The number of halogens is 1. The zero-order chi connectivity index (χ0) is 17.3. The number of likely N-dealkylation sites (tertiary alicyclic amines) is 1. The van der Waals surface area contributed by atoms with E-state index in [1.54, 1.807) is 24.8 Å². The van der Waals surface area contributed by atoms with Crippen LogP contribution in [0.4, 0.5) is 9.18 Å². The van der Waals surface area contributed by atoms with E-state index < -0.39 is 5.60 Å². The summed E-state index contributed by atoms with van der Waals surface area (Å²) in [6.07, 6.45) is 4.20. The minimum absolute atomic E-state index is 0.148. The molecule has 0 spiro atoms. The maximum Gasteiger partial charge on any atom is 0.317 e. The summed E-state index contributed by atoms with van der Waals surface area (Å²) in [5.74, 6) is -0.266. The van der Waals surface area contributed by atoms with Crippen LogP contribution in [0.2, 0.25) is 0 Å². The van der Waals surface area contributed by atoms with Crippen molar-refractivity contribution in [1.82, 2.24) is 15.2 Å². The summed E-state index contributed by atoms with van der Waals surface area (Å²) in [6.45, 7) is 4.61. The quantitative estimate of drug-likeness (QED) is 0.805. The molecular weight excluding hydrogens is 309 g/mol. The Kier molecular flexibility index (Phi) is 4.49. The minimum Gasteiger partial charge on any atom is -0.388 e. The van der Waals surface area contributed by atoms with Crippen molar-refractivity contribution in [2.45, 2.75) is 44.8 Å². The molecule has 0 aliphatic carbocycles. The van der Waals surface area contributed by atoms with Gasteiger partial charge in [-0.3, -0.25) is 0 Å². The van der Waals surface area contributed by atoms with Gasteiger partial charge in [0, 0.05) is 30.2 Å². The number of benzene rings is 1. The Bertz CT molecular complexity index is 735. The van der Waals surface area contributed by atoms with Crippen molar-refractivity contribution in [1.29, 1.82) is 0 Å². The summed E-state index contributed by atoms with van der Waals surface area (Å²) >= 11 is 0. The molecule has 130 valence electrons. The first-order chi connectivity index (χ1) is 11.4. The van der Waals surface area contributed by atoms with Gasteiger partial charge < -0.3 is 20.3 Å². The van der Waals surface area contributed by atoms with Gasteiger partial charge in [0.2, 0.25) is 0 Å². The molecule has 0 bridgehead atoms. The fourth-order valence-corrected chi connectivity index (χ4v) is 3.51. The first kappa shape index (κ1) is 16.8. The van der Waals surface area contributed by atoms with Gasteiger partial charge in [-0.2, -0.15) is 0 Å². The predicted octanol–water partition coefficient (Wildman–Crippen LogP) is 2.79. The molecule has 3 rings (SSSR count). The molecule has 3 N–H and O–H groups in total. The standard InChI is InChI=1S/C18H24FN3O2/c1-18(2,24)16-4-3-9-22(16)17(23)20-8-7-12-11-21-15-6-5-13(19)10-14(12)15/h5-6,10-11,16,21,24H,3-4,7-9H2,1-2H3,(H,20,23)/t16-/m0/s1. The summed E-state index contributed by atoms with van der Waals surface area (Å²) in [6, 6.07) is 4.35. The largest absolute Gasteiger partial charge is 0.388 e. The number of amides is 2. The van der Waals surface area contributed by atoms with Gasteiger partial charge >= 0.3 is 6.03 Å². The van der Waals surface area contributed by atoms with Crippen molar-refractivity contribution in [2.24, 2.45) is 0 Å². The van der Waals surface area contributed by atoms with E-state index in [1.165, 1.54) is 12.1 Å². The molecule has 2 heterocycles. The van der Waals surface area contributed by atoms with Gasteiger partial charge in [-0.05, 0) is 56.9 Å². The van der Waals surface area contributed by atoms with Crippen LogP contribution in [-0.2, 0) is 6.42 Å². The van der Waals surface area contributed by atoms with Crippen LogP contribution in [-0.4, -0.2) is 45.8 Å². The maximum atomic E-state index is 13.4. The Labute approximate surface area is 140 Å². The van der Waals surface area contributed by atoms with E-state index in [1.807, 2.05) is 6.20 Å². The van der Waals surface area contributed by atoms with Gasteiger partial charge in [0.15, 0.2) is 0 Å². The first-order valence-electron chi connectivity index (χ1n) is 8.38. The highest BCUT2D eigenvalue weighted by Crippen LogP contribution is 2.26. The van der Waals surface area contributed by atoms with Crippen LogP contribution in [0.3, 0.4) is 0 Å². The van der Waals surface area contributed by atoms with Gasteiger partial charge in [0.1, 0.15) is 5.82 Å². The minimum atomic E-state index is -0.901. The summed E-state index contributed by atoms with van der Waals surface area (Å²) in [7, 11) is 0. The number of rotatable bonds is 4. The number of hydrogen-bond donors (Lipinski definition) is 3. The van der Waals surface area contributed by atoms with Crippen LogP contribution < -0.4 is 5.32 Å². The molecule has 0 saturated carbocycles. The molecule has 2 amide bonds. The van der Waals surface area contributed by atoms with Crippen molar-refractivity contribution in [2.75, 3.05) is 13.1 Å². The van der Waals surface area contributed by atoms with Crippen LogP contribution in [0.15, 0.2) is 24.4 Å². The first-order valence-corrected chi connectivity index (χ1v) is 8.38. The third-order valence-electron chi connectivity index (χ3n) is 4.73. The Hall–Kier alpha value is -2.08. The summed E-state index contributed by atoms with van der Waals surface area (Å²) < 4.78 is 13.4. The fourth-order valence-electron chi connectivity index (χ4n) is 3.51. The van der Waals surface area contributed by atoms with Gasteiger partial charge in [-0.15, -0.1) is 0 Å². The Morgan fingerprint density at radius 1 is 1.50 bits per heavy atom. The van der Waals surface area contributed by atoms with Crippen LogP contribution >= 0.6 is 0 Å². The fraction of sp³-hybridized carbons (Fsp3) is 0.500. The normalized spacial score (nSPS) is 18.3. The van der Waals surface area contributed by atoms with E-state index in [-0.39, 0.29) is 17.9 Å². The third-order valence-corrected chi connectivity index (χ3v) is 4.73. The Morgan fingerprint density at radius 2 is 2.29 bits per heavy atom. The number of aromatic nitrogens is 1. The molecule has 0 unspecified atom stereocenters. The molecule has 1 aromatic carbocycles. The number of carbonyl (C=O) groups is 1. The number of hydrogen-bond acceptors (Lipinski definition) is 2. The lowest BCUT2D eigenvalue weighted by molar-refractivity contribution is 0.00986. The second kappa shape index (κ2) is 6.43. The number of carbonyl (C=O) groups excluding carboxylic acids is 1. The molecule has 1 saturated heterocycles. The van der Waals surface area contributed by atoms with E-state index in [0.717, 1.165) is 29.3 Å². The average Bonchev–Trinajstić information content (AvgIpc) is 3.13. The lowest BCUT2D eigenvalue weighted by atomic mass is 9.97. The van der Waals surface area contributed by atoms with Gasteiger partial charge in [0.25, 0.3) is 0 Å². The van der Waals surface area contributed by atoms with E-state index in [0.29, 0.717) is 19.5 Å². The van der Waals surface area contributed by atoms with Crippen molar-refractivity contribution in [3.63, 3.8) is 0 Å². The van der Waals surface area contributed by atoms with Crippen LogP contribution in [0.1, 0.15) is 32.3 Å². The lowest BCUT2D eigenvalue weighted by Gasteiger charge is -2.33. The zero-order valence-corrected chi connectivity index (χ0v) is 14.1. The molecule has 1 atom stereocenters. The van der Waals surface area contributed by atoms with Crippen LogP contribution in [0, 0.1) is 5.82 Å². The topological polar surface area (TPSA) is 68.4 Å². The SMILES string of the molecule is CC(C)(O)[C@@H]1CCCN1C(=O)NCCc1c[nH]c2ccc(F)cc12. The number of urea groups is 1. The smallest absolute Gasteiger partial charge is 0.317 e. The maximum absolute atomic E-state index is 13.4. The van der Waals surface area contributed by atoms with E-state index in [9.17, 15) is 14.3 Å². The Balaban J connectivity index is 1.59. The lowest BCUT2D eigenvalue weighted by Crippen LogP contribution is -2.51. The van der Waals surface area contributed by atoms with Gasteiger partial charge in [0.05, 0.1) is 11.6 Å². The molecular formula is C18H24FN3O2. The second-order valence-electron chi connectivity index (χ2n) is 6.99. The third kappa shape index (κ3) is 3.38. The number of aliphatic hydroxyl groups is 1. The molecule has 24 heavy (non-hydrogen) atoms. The summed E-state index contributed by atoms with van der Waals surface area (Å²) in [5, 5.41) is 14.0. The van der Waals surface area contributed by atoms with Crippen LogP contribution in [0.5, 0.6) is 0 Å². The molecule has 1 aliphatic rings. The monoisotopic (exact) mass is 333 g/mol. The molecule has 1 aliphatic heterocycles. The summed E-state index contributed by atoms with van der Waals surface area (Å²) in [5.41, 5.74) is 0.965. The molecule has 0 radical (unpaired) electrons. The Morgan fingerprint density at radius 3 is 3.04 bits per heavy atom. The predicted molar refractivity (Wildman–Crippen MR) is 91.4 cm³/mol. The van der Waals surface area contributed by atoms with Gasteiger partial charge in [-0.1, -0.05) is 0 Å². The highest BCUT2D eigenvalue weighted by molar-refractivity contribution is 5.83. The van der Waals surface area contributed by atoms with Crippen molar-refractivity contribution in [3.8, 4) is 0 Å². The zero-order valence-electron chi connectivity index (χ0n) is 14.1. The number of aromatic amines is 1. The molecule has 1 aromatic heterocycles. The number of fused-ring (bicyclic) bond motifs is 1. The van der Waals surface area contributed by atoms with Crippen molar-refractivity contribution in [3.05, 3.63) is 35.8 Å². The average molecular weight is 333 g/mol. The highest BCUT2D eigenvalue weighted by atomic mass is 19.1. The van der Waals surface area contributed by atoms with Gasteiger partial charge in [-0.25, -0.2) is 9.18 Å². The molecule has 6 heteroatoms. The number of nitrogens with one attached hydrogen (secondary N) is 2. The molecule has 2 aromatic rings. The van der Waals surface area contributed by atoms with E-state index in [2.05, 4.69) is 10.3 Å². The van der Waals surface area contributed by atoms with Crippen molar-refractivity contribution < 1.29 is 14.3 Å². The molecule has 1 fully saturated rings. The second-order valence-corrected chi connectivity index (χ2v) is 6.99. The molecule has 5 nitrogen and oxygen atoms in total. The number of nitrogens with zero attached hydrogens (tertiary/aromatic N) is 1. The van der Waals surface area contributed by atoms with E-state index >= 15 is 0 Å². The van der Waals surface area contributed by atoms with E-state index in [4.69, 9.17) is 0 Å². The summed E-state index contributed by atoms with van der Waals surface area (Å²) in [4.78, 5) is 17.2. The highest BCUT2D eigenvalue weighted by Gasteiger charge is 2.38. The van der Waals surface area contributed by atoms with Crippen LogP contribution in [0.25, 0.3) is 10.9 Å². The number of H-pyrrole nitrogens is 1. The van der Waals surface area contributed by atoms with Crippen molar-refractivity contribution >= 4 is 16.9 Å².